The number of hydrogen-bond acceptors (Lipinski definition) is 5. The quantitative estimate of drug-likeness (QED) is 0.743. The van der Waals surface area contributed by atoms with Crippen LogP contribution in [0.2, 0.25) is 0 Å². The molecular weight excluding hydrogens is 333 g/mol. The highest BCUT2D eigenvalue weighted by Crippen LogP contribution is 2.41. The predicted molar refractivity (Wildman–Crippen MR) is 87.2 cm³/mol. The van der Waals surface area contributed by atoms with E-state index >= 15 is 0 Å². The Labute approximate surface area is 141 Å². The van der Waals surface area contributed by atoms with Crippen LogP contribution in [0.15, 0.2) is 24.3 Å². The van der Waals surface area contributed by atoms with Gasteiger partial charge in [-0.2, -0.15) is 0 Å². The minimum Gasteiger partial charge on any atom is -0.334 e. The molecule has 3 rings (SSSR count). The summed E-state index contributed by atoms with van der Waals surface area (Å²) in [4.78, 5) is 23.4. The van der Waals surface area contributed by atoms with E-state index in [2.05, 4.69) is 26.1 Å². The molecule has 0 radical (unpaired) electrons. The largest absolute Gasteiger partial charge is 0.334 e. The van der Waals surface area contributed by atoms with Crippen molar-refractivity contribution in [3.63, 3.8) is 0 Å². The molecule has 1 heterocycles. The summed E-state index contributed by atoms with van der Waals surface area (Å²) in [7, 11) is 0. The van der Waals surface area contributed by atoms with E-state index in [9.17, 15) is 14.0 Å². The van der Waals surface area contributed by atoms with Crippen LogP contribution in [0.5, 0.6) is 0 Å². The lowest BCUT2D eigenvalue weighted by atomic mass is 10.2. The third-order valence-electron chi connectivity index (χ3n) is 3.39. The zero-order valence-corrected chi connectivity index (χ0v) is 13.5. The molecule has 3 amide bonds. The number of halogens is 1. The molecule has 0 saturated heterocycles. The van der Waals surface area contributed by atoms with Gasteiger partial charge in [-0.3, -0.25) is 10.1 Å². The van der Waals surface area contributed by atoms with E-state index in [1.54, 1.807) is 12.1 Å². The van der Waals surface area contributed by atoms with Crippen molar-refractivity contribution in [2.75, 3.05) is 11.9 Å². The lowest BCUT2D eigenvalue weighted by Gasteiger charge is -2.07. The molecule has 24 heavy (non-hydrogen) atoms. The summed E-state index contributed by atoms with van der Waals surface area (Å²) in [6.07, 6.45) is 2.25. The predicted octanol–water partition coefficient (Wildman–Crippen LogP) is 1.99. The van der Waals surface area contributed by atoms with Crippen molar-refractivity contribution in [2.45, 2.75) is 25.3 Å². The SMILES string of the molecule is O=C(CNC(=O)NCc1ccc(F)cc1)Nc1nnc(C2CC2)s1. The van der Waals surface area contributed by atoms with Crippen LogP contribution in [0.3, 0.4) is 0 Å². The van der Waals surface area contributed by atoms with Gasteiger partial charge in [-0.05, 0) is 30.5 Å². The first-order chi connectivity index (χ1) is 11.6. The summed E-state index contributed by atoms with van der Waals surface area (Å²) in [6, 6.07) is 5.32. The summed E-state index contributed by atoms with van der Waals surface area (Å²) in [5.41, 5.74) is 0.762. The van der Waals surface area contributed by atoms with E-state index in [1.807, 2.05) is 0 Å². The van der Waals surface area contributed by atoms with Crippen LogP contribution in [-0.4, -0.2) is 28.7 Å². The third-order valence-corrected chi connectivity index (χ3v) is 4.39. The van der Waals surface area contributed by atoms with Gasteiger partial charge in [-0.1, -0.05) is 23.5 Å². The Morgan fingerprint density at radius 2 is 1.92 bits per heavy atom. The molecule has 1 aromatic carbocycles. The molecule has 1 aromatic heterocycles. The Morgan fingerprint density at radius 1 is 1.17 bits per heavy atom. The van der Waals surface area contributed by atoms with Crippen LogP contribution in [0.1, 0.15) is 29.3 Å². The molecule has 0 aliphatic heterocycles. The molecule has 9 heteroatoms. The molecule has 3 N–H and O–H groups in total. The number of anilines is 1. The van der Waals surface area contributed by atoms with Crippen molar-refractivity contribution in [3.05, 3.63) is 40.7 Å². The molecule has 1 fully saturated rings. The van der Waals surface area contributed by atoms with Crippen molar-refractivity contribution >= 4 is 28.4 Å². The van der Waals surface area contributed by atoms with Gasteiger partial charge in [0.05, 0.1) is 6.54 Å². The molecule has 1 aliphatic carbocycles. The maximum absolute atomic E-state index is 12.8. The summed E-state index contributed by atoms with van der Waals surface area (Å²) >= 11 is 1.36. The fourth-order valence-corrected chi connectivity index (χ4v) is 2.88. The molecule has 126 valence electrons. The highest BCUT2D eigenvalue weighted by Gasteiger charge is 2.27. The number of aromatic nitrogens is 2. The van der Waals surface area contributed by atoms with Gasteiger partial charge in [0.15, 0.2) is 0 Å². The number of nitrogens with zero attached hydrogens (tertiary/aromatic N) is 2. The van der Waals surface area contributed by atoms with E-state index in [1.165, 1.54) is 23.5 Å². The minimum atomic E-state index is -0.481. The normalized spacial score (nSPS) is 13.4. The number of urea groups is 1. The van der Waals surface area contributed by atoms with Crippen molar-refractivity contribution in [1.29, 1.82) is 0 Å². The fourth-order valence-electron chi connectivity index (χ4n) is 1.95. The summed E-state index contributed by atoms with van der Waals surface area (Å²) in [5, 5.41) is 16.9. The van der Waals surface area contributed by atoms with Crippen LogP contribution in [0.4, 0.5) is 14.3 Å². The maximum atomic E-state index is 12.8. The molecule has 0 atom stereocenters. The van der Waals surface area contributed by atoms with Gasteiger partial charge in [0.25, 0.3) is 0 Å². The number of carbonyl (C=O) groups is 2. The van der Waals surface area contributed by atoms with Crippen molar-refractivity contribution in [2.24, 2.45) is 0 Å². The second-order valence-electron chi connectivity index (χ2n) is 5.43. The molecule has 2 aromatic rings. The first-order valence-electron chi connectivity index (χ1n) is 7.49. The van der Waals surface area contributed by atoms with Crippen molar-refractivity contribution in [3.8, 4) is 0 Å². The van der Waals surface area contributed by atoms with Crippen LogP contribution in [-0.2, 0) is 11.3 Å². The number of nitrogens with one attached hydrogen (secondary N) is 3. The van der Waals surface area contributed by atoms with Gasteiger partial charge >= 0.3 is 6.03 Å². The van der Waals surface area contributed by atoms with Gasteiger partial charge < -0.3 is 10.6 Å². The van der Waals surface area contributed by atoms with Crippen LogP contribution in [0, 0.1) is 5.82 Å². The molecule has 1 aliphatic rings. The van der Waals surface area contributed by atoms with Crippen LogP contribution < -0.4 is 16.0 Å². The Bertz CT molecular complexity index is 730. The second-order valence-corrected chi connectivity index (χ2v) is 6.44. The van der Waals surface area contributed by atoms with Crippen molar-refractivity contribution < 1.29 is 14.0 Å². The number of amides is 3. The smallest absolute Gasteiger partial charge is 0.315 e. The summed E-state index contributed by atoms with van der Waals surface area (Å²) < 4.78 is 12.8. The standard InChI is InChI=1S/C15H16FN5O2S/c16-11-5-1-9(2-6-11)7-17-14(23)18-8-12(22)19-15-21-20-13(24-15)10-3-4-10/h1-2,5-6,10H,3-4,7-8H2,(H2,17,18,23)(H,19,21,22). The average molecular weight is 349 g/mol. The Hall–Kier alpha value is -2.55. The van der Waals surface area contributed by atoms with Crippen LogP contribution >= 0.6 is 11.3 Å². The molecule has 1 saturated carbocycles. The first kappa shape index (κ1) is 16.3. The Balaban J connectivity index is 1.37. The highest BCUT2D eigenvalue weighted by atomic mass is 32.1. The molecule has 0 spiro atoms. The number of carbonyl (C=O) groups excluding carboxylic acids is 2. The van der Waals surface area contributed by atoms with E-state index < -0.39 is 6.03 Å². The van der Waals surface area contributed by atoms with Gasteiger partial charge in [0.1, 0.15) is 10.8 Å². The number of hydrogen-bond donors (Lipinski definition) is 3. The molecular formula is C15H16FN5O2S. The van der Waals surface area contributed by atoms with E-state index in [0.29, 0.717) is 11.0 Å². The van der Waals surface area contributed by atoms with E-state index in [-0.39, 0.29) is 24.8 Å². The molecule has 7 nitrogen and oxygen atoms in total. The van der Waals surface area contributed by atoms with E-state index in [0.717, 1.165) is 23.4 Å². The summed E-state index contributed by atoms with van der Waals surface area (Å²) in [6.45, 7) is 0.0719. The number of benzene rings is 1. The molecule has 0 unspecified atom stereocenters. The second kappa shape index (κ2) is 7.35. The maximum Gasteiger partial charge on any atom is 0.315 e. The lowest BCUT2D eigenvalue weighted by molar-refractivity contribution is -0.115. The first-order valence-corrected chi connectivity index (χ1v) is 8.31. The van der Waals surface area contributed by atoms with Gasteiger partial charge in [-0.15, -0.1) is 10.2 Å². The zero-order valence-electron chi connectivity index (χ0n) is 12.7. The van der Waals surface area contributed by atoms with Crippen molar-refractivity contribution in [1.82, 2.24) is 20.8 Å². The Morgan fingerprint density at radius 3 is 2.62 bits per heavy atom. The van der Waals surface area contributed by atoms with Gasteiger partial charge in [-0.25, -0.2) is 9.18 Å². The fraction of sp³-hybridized carbons (Fsp3) is 0.333. The molecule has 0 bridgehead atoms. The third kappa shape index (κ3) is 4.72. The average Bonchev–Trinajstić information content (AvgIpc) is 3.32. The van der Waals surface area contributed by atoms with Crippen LogP contribution in [0.25, 0.3) is 0 Å². The number of rotatable bonds is 6. The zero-order chi connectivity index (χ0) is 16.9. The Kier molecular flexibility index (Phi) is 4.99. The van der Waals surface area contributed by atoms with Gasteiger partial charge in [0.2, 0.25) is 11.0 Å². The topological polar surface area (TPSA) is 96.0 Å². The minimum absolute atomic E-state index is 0.173. The summed E-state index contributed by atoms with van der Waals surface area (Å²) in [5.74, 6) is -0.213. The van der Waals surface area contributed by atoms with E-state index in [4.69, 9.17) is 0 Å². The lowest BCUT2D eigenvalue weighted by Crippen LogP contribution is -2.39. The monoisotopic (exact) mass is 349 g/mol. The van der Waals surface area contributed by atoms with Gasteiger partial charge in [0, 0.05) is 12.5 Å². The highest BCUT2D eigenvalue weighted by molar-refractivity contribution is 7.15.